The number of benzene rings is 1. The number of esters is 1. The number of hydrogen-bond donors (Lipinski definition) is 2. The van der Waals surface area contributed by atoms with Gasteiger partial charge in [-0.1, -0.05) is 11.6 Å². The summed E-state index contributed by atoms with van der Waals surface area (Å²) in [4.78, 5) is 40.9. The van der Waals surface area contributed by atoms with Gasteiger partial charge in [0.05, 0.1) is 22.9 Å². The number of aromatic amines is 1. The highest BCUT2D eigenvalue weighted by molar-refractivity contribution is 6.33. The van der Waals surface area contributed by atoms with E-state index in [0.717, 1.165) is 10.8 Å². The van der Waals surface area contributed by atoms with Crippen LogP contribution >= 0.6 is 11.6 Å². The number of nitrogens with zero attached hydrogens (tertiary/aromatic N) is 2. The number of ether oxygens (including phenoxy) is 1. The number of hydrogen-bond acceptors (Lipinski definition) is 6. The van der Waals surface area contributed by atoms with Crippen LogP contribution in [0.1, 0.15) is 22.8 Å². The normalized spacial score (nSPS) is 11.0. The molecule has 0 radical (unpaired) electrons. The van der Waals surface area contributed by atoms with Crippen LogP contribution in [0.4, 0.5) is 5.69 Å². The van der Waals surface area contributed by atoms with Crippen LogP contribution in [0, 0.1) is 0 Å². The zero-order valence-electron chi connectivity index (χ0n) is 12.9. The fourth-order valence-electron chi connectivity index (χ4n) is 1.84. The van der Waals surface area contributed by atoms with Gasteiger partial charge in [0, 0.05) is 13.3 Å². The van der Waals surface area contributed by atoms with Crippen molar-refractivity contribution in [2.45, 2.75) is 6.92 Å². The summed E-state index contributed by atoms with van der Waals surface area (Å²) in [5, 5.41) is 10.1. The Bertz CT molecular complexity index is 930. The Balaban J connectivity index is 2.42. The first-order valence-electron chi connectivity index (χ1n) is 6.88. The van der Waals surface area contributed by atoms with E-state index in [2.05, 4.69) is 4.99 Å². The van der Waals surface area contributed by atoms with Crippen LogP contribution in [0.2, 0.25) is 5.02 Å². The first kappa shape index (κ1) is 17.5. The number of aromatic hydroxyl groups is 1. The number of carbonyl (C=O) groups is 1. The number of nitrogens with one attached hydrogen (secondary N) is 1. The minimum Gasteiger partial charge on any atom is -0.494 e. The molecule has 0 aliphatic carbocycles. The van der Waals surface area contributed by atoms with Crippen molar-refractivity contribution in [2.75, 3.05) is 6.61 Å². The Labute approximate surface area is 141 Å². The number of halogens is 1. The molecule has 0 unspecified atom stereocenters. The van der Waals surface area contributed by atoms with Gasteiger partial charge in [-0.15, -0.1) is 0 Å². The molecule has 0 atom stereocenters. The predicted octanol–water partition coefficient (Wildman–Crippen LogP) is 1.36. The molecule has 0 saturated carbocycles. The molecule has 2 N–H and O–H groups in total. The Hall–Kier alpha value is -2.87. The minimum absolute atomic E-state index is 0.131. The number of carbonyl (C=O) groups excluding carboxylic acids is 1. The lowest BCUT2D eigenvalue weighted by Gasteiger charge is -2.05. The molecule has 9 heteroatoms. The molecule has 0 aliphatic rings. The molecule has 0 aliphatic heterocycles. The molecule has 0 fully saturated rings. The van der Waals surface area contributed by atoms with Crippen molar-refractivity contribution in [2.24, 2.45) is 12.0 Å². The molecule has 2 aromatic rings. The zero-order valence-corrected chi connectivity index (χ0v) is 13.6. The number of aliphatic imine (C=N–C) groups is 1. The fourth-order valence-corrected chi connectivity index (χ4v) is 2.04. The SMILES string of the molecule is CCOC(=O)c1cc(N=Cc2c(O)n(C)c(=O)[nH]c2=O)ccc1Cl. The summed E-state index contributed by atoms with van der Waals surface area (Å²) < 4.78 is 5.76. The van der Waals surface area contributed by atoms with Crippen LogP contribution < -0.4 is 11.2 Å². The molecule has 8 nitrogen and oxygen atoms in total. The van der Waals surface area contributed by atoms with Gasteiger partial charge < -0.3 is 9.84 Å². The summed E-state index contributed by atoms with van der Waals surface area (Å²) in [5.41, 5.74) is -1.27. The fraction of sp³-hybridized carbons (Fsp3) is 0.200. The highest BCUT2D eigenvalue weighted by atomic mass is 35.5. The molecule has 0 saturated heterocycles. The standard InChI is InChI=1S/C15H14ClN3O5/c1-3-24-14(22)9-6-8(4-5-11(9)16)17-7-10-12(20)18-15(23)19(2)13(10)21/h4-7,21H,3H2,1-2H3,(H,18,20,23). The van der Waals surface area contributed by atoms with Gasteiger partial charge in [0.1, 0.15) is 5.56 Å². The van der Waals surface area contributed by atoms with Gasteiger partial charge in [-0.05, 0) is 25.1 Å². The van der Waals surface area contributed by atoms with Crippen molar-refractivity contribution >= 4 is 29.5 Å². The predicted molar refractivity (Wildman–Crippen MR) is 88.6 cm³/mol. The van der Waals surface area contributed by atoms with Gasteiger partial charge in [-0.2, -0.15) is 0 Å². The van der Waals surface area contributed by atoms with Crippen molar-refractivity contribution < 1.29 is 14.6 Å². The highest BCUT2D eigenvalue weighted by Crippen LogP contribution is 2.23. The quantitative estimate of drug-likeness (QED) is 0.637. The molecule has 2 rings (SSSR count). The minimum atomic E-state index is -0.779. The third kappa shape index (κ3) is 3.54. The lowest BCUT2D eigenvalue weighted by molar-refractivity contribution is 0.0526. The van der Waals surface area contributed by atoms with Crippen LogP contribution in [0.3, 0.4) is 0 Å². The van der Waals surface area contributed by atoms with Crippen molar-refractivity contribution in [3.8, 4) is 5.88 Å². The molecule has 126 valence electrons. The average molecular weight is 352 g/mol. The van der Waals surface area contributed by atoms with Crippen molar-refractivity contribution in [3.05, 3.63) is 55.2 Å². The maximum Gasteiger partial charge on any atom is 0.339 e. The zero-order chi connectivity index (χ0) is 17.9. The third-order valence-corrected chi connectivity index (χ3v) is 3.45. The first-order valence-corrected chi connectivity index (χ1v) is 7.26. The summed E-state index contributed by atoms with van der Waals surface area (Å²) in [6.45, 7) is 1.87. The lowest BCUT2D eigenvalue weighted by Crippen LogP contribution is -2.30. The molecule has 24 heavy (non-hydrogen) atoms. The van der Waals surface area contributed by atoms with E-state index in [1.54, 1.807) is 6.92 Å². The molecule has 1 aromatic carbocycles. The summed E-state index contributed by atoms with van der Waals surface area (Å²) in [7, 11) is 1.30. The van der Waals surface area contributed by atoms with Gasteiger partial charge in [-0.25, -0.2) is 9.59 Å². The van der Waals surface area contributed by atoms with Crippen LogP contribution in [0.5, 0.6) is 5.88 Å². The summed E-state index contributed by atoms with van der Waals surface area (Å²) in [5.74, 6) is -1.12. The molecule has 0 amide bonds. The molecular formula is C15H14ClN3O5. The van der Waals surface area contributed by atoms with E-state index in [1.165, 1.54) is 25.2 Å². The summed E-state index contributed by atoms with van der Waals surface area (Å²) >= 11 is 5.95. The summed E-state index contributed by atoms with van der Waals surface area (Å²) in [6.07, 6.45) is 1.09. The Morgan fingerprint density at radius 1 is 1.46 bits per heavy atom. The molecule has 0 bridgehead atoms. The van der Waals surface area contributed by atoms with Gasteiger partial charge in [0.25, 0.3) is 5.56 Å². The molecule has 1 aromatic heterocycles. The van der Waals surface area contributed by atoms with Crippen LogP contribution in [0.25, 0.3) is 0 Å². The van der Waals surface area contributed by atoms with Crippen LogP contribution in [-0.2, 0) is 11.8 Å². The second-order valence-corrected chi connectivity index (χ2v) is 5.11. The molecular weight excluding hydrogens is 338 g/mol. The number of rotatable bonds is 4. The first-order chi connectivity index (χ1) is 11.3. The lowest BCUT2D eigenvalue weighted by atomic mass is 10.2. The largest absolute Gasteiger partial charge is 0.494 e. The van der Waals surface area contributed by atoms with E-state index in [1.807, 2.05) is 4.98 Å². The van der Waals surface area contributed by atoms with Crippen LogP contribution in [0.15, 0.2) is 32.8 Å². The van der Waals surface area contributed by atoms with E-state index in [4.69, 9.17) is 16.3 Å². The maximum absolute atomic E-state index is 11.8. The Morgan fingerprint density at radius 2 is 2.17 bits per heavy atom. The molecule has 1 heterocycles. The van der Waals surface area contributed by atoms with Gasteiger partial charge in [0.15, 0.2) is 0 Å². The summed E-state index contributed by atoms with van der Waals surface area (Å²) in [6, 6.07) is 4.38. The second kappa shape index (κ2) is 7.14. The topological polar surface area (TPSA) is 114 Å². The van der Waals surface area contributed by atoms with E-state index in [9.17, 15) is 19.5 Å². The van der Waals surface area contributed by atoms with E-state index < -0.39 is 23.1 Å². The van der Waals surface area contributed by atoms with E-state index in [-0.39, 0.29) is 22.8 Å². The Morgan fingerprint density at radius 3 is 2.83 bits per heavy atom. The second-order valence-electron chi connectivity index (χ2n) is 4.70. The smallest absolute Gasteiger partial charge is 0.339 e. The van der Waals surface area contributed by atoms with E-state index in [0.29, 0.717) is 5.69 Å². The van der Waals surface area contributed by atoms with Crippen molar-refractivity contribution in [1.82, 2.24) is 9.55 Å². The maximum atomic E-state index is 11.8. The van der Waals surface area contributed by atoms with Crippen LogP contribution in [-0.4, -0.2) is 33.4 Å². The average Bonchev–Trinajstić information content (AvgIpc) is 2.54. The van der Waals surface area contributed by atoms with Gasteiger partial charge in [0.2, 0.25) is 5.88 Å². The van der Waals surface area contributed by atoms with Gasteiger partial charge in [-0.3, -0.25) is 19.3 Å². The Kier molecular flexibility index (Phi) is 5.20. The molecule has 0 spiro atoms. The van der Waals surface area contributed by atoms with E-state index >= 15 is 0 Å². The van der Waals surface area contributed by atoms with Gasteiger partial charge >= 0.3 is 11.7 Å². The number of aromatic nitrogens is 2. The van der Waals surface area contributed by atoms with Crippen molar-refractivity contribution in [3.63, 3.8) is 0 Å². The monoisotopic (exact) mass is 351 g/mol. The van der Waals surface area contributed by atoms with Crippen molar-refractivity contribution in [1.29, 1.82) is 0 Å². The number of H-pyrrole nitrogens is 1. The third-order valence-electron chi connectivity index (χ3n) is 3.12. The highest BCUT2D eigenvalue weighted by Gasteiger charge is 2.13.